The van der Waals surface area contributed by atoms with Gasteiger partial charge in [0.15, 0.2) is 5.96 Å². The molecule has 9 heteroatoms. The first kappa shape index (κ1) is 27.7. The van der Waals surface area contributed by atoms with Crippen molar-refractivity contribution in [3.63, 3.8) is 0 Å². The van der Waals surface area contributed by atoms with Crippen molar-refractivity contribution in [3.05, 3.63) is 29.8 Å². The molecule has 1 aromatic rings. The van der Waals surface area contributed by atoms with Gasteiger partial charge in [0.25, 0.3) is 0 Å². The number of nitrogens with one attached hydrogen (secondary N) is 1. The monoisotopic (exact) mass is 573 g/mol. The van der Waals surface area contributed by atoms with E-state index in [1.165, 1.54) is 0 Å². The number of aliphatic hydroxyl groups is 1. The van der Waals surface area contributed by atoms with Crippen molar-refractivity contribution in [1.29, 1.82) is 0 Å². The molecule has 0 spiro atoms. The Labute approximate surface area is 215 Å². The summed E-state index contributed by atoms with van der Waals surface area (Å²) in [5.74, 6) is 1.82. The predicted molar refractivity (Wildman–Crippen MR) is 142 cm³/mol. The highest BCUT2D eigenvalue weighted by Crippen LogP contribution is 2.15. The molecule has 0 aromatic heterocycles. The number of hydrogen-bond acceptors (Lipinski definition) is 5. The summed E-state index contributed by atoms with van der Waals surface area (Å²) in [5.41, 5.74) is 1.13. The van der Waals surface area contributed by atoms with Crippen molar-refractivity contribution >= 4 is 35.8 Å². The first-order valence-corrected chi connectivity index (χ1v) is 11.9. The number of ether oxygens (including phenoxy) is 1. The molecule has 0 saturated carbocycles. The first-order chi connectivity index (χ1) is 15.5. The molecule has 2 saturated heterocycles. The van der Waals surface area contributed by atoms with Crippen LogP contribution >= 0.6 is 24.0 Å². The maximum Gasteiger partial charge on any atom is 0.239 e. The Morgan fingerprint density at radius 1 is 1.15 bits per heavy atom. The molecule has 0 aliphatic carbocycles. The number of aliphatic hydroxyl groups excluding tert-OH is 1. The van der Waals surface area contributed by atoms with Crippen LogP contribution in [0.2, 0.25) is 0 Å². The fourth-order valence-electron chi connectivity index (χ4n) is 4.25. The number of carbonyl (C=O) groups excluding carboxylic acids is 1. The number of aryl methyl sites for hydroxylation is 1. The Morgan fingerprint density at radius 2 is 1.85 bits per heavy atom. The third kappa shape index (κ3) is 8.29. The molecule has 2 atom stereocenters. The maximum absolute atomic E-state index is 12.7. The van der Waals surface area contributed by atoms with E-state index in [0.717, 1.165) is 75.9 Å². The number of carbonyl (C=O) groups is 1. The molecule has 1 amide bonds. The highest BCUT2D eigenvalue weighted by molar-refractivity contribution is 14.0. The lowest BCUT2D eigenvalue weighted by Crippen LogP contribution is -2.57. The van der Waals surface area contributed by atoms with E-state index < -0.39 is 6.10 Å². The van der Waals surface area contributed by atoms with Gasteiger partial charge >= 0.3 is 0 Å². The number of amides is 1. The van der Waals surface area contributed by atoms with Gasteiger partial charge in [-0.1, -0.05) is 12.1 Å². The zero-order valence-corrected chi connectivity index (χ0v) is 22.5. The number of halogens is 1. The molecule has 2 fully saturated rings. The highest BCUT2D eigenvalue weighted by atomic mass is 127. The number of rotatable bonds is 8. The Hall–Kier alpha value is -1.59. The Bertz CT molecular complexity index is 764. The third-order valence-electron chi connectivity index (χ3n) is 6.16. The summed E-state index contributed by atoms with van der Waals surface area (Å²) in [7, 11) is 0. The molecule has 2 N–H and O–H groups in total. The van der Waals surface area contributed by atoms with Crippen molar-refractivity contribution < 1.29 is 14.6 Å². The van der Waals surface area contributed by atoms with E-state index in [4.69, 9.17) is 4.74 Å². The Morgan fingerprint density at radius 3 is 2.48 bits per heavy atom. The molecule has 2 heterocycles. The summed E-state index contributed by atoms with van der Waals surface area (Å²) in [6, 6.07) is 7.73. The van der Waals surface area contributed by atoms with Crippen LogP contribution in [0.1, 0.15) is 32.3 Å². The minimum Gasteiger partial charge on any atom is -0.491 e. The smallest absolute Gasteiger partial charge is 0.239 e. The lowest BCUT2D eigenvalue weighted by atomic mass is 10.2. The molecule has 33 heavy (non-hydrogen) atoms. The van der Waals surface area contributed by atoms with E-state index in [1.807, 2.05) is 49.9 Å². The number of guanidine groups is 1. The van der Waals surface area contributed by atoms with E-state index in [0.29, 0.717) is 0 Å². The largest absolute Gasteiger partial charge is 0.491 e. The second-order valence-electron chi connectivity index (χ2n) is 8.71. The van der Waals surface area contributed by atoms with Gasteiger partial charge in [0, 0.05) is 45.8 Å². The first-order valence-electron chi connectivity index (χ1n) is 11.9. The number of aliphatic imine (C=N–C) groups is 1. The second-order valence-corrected chi connectivity index (χ2v) is 8.71. The van der Waals surface area contributed by atoms with Gasteiger partial charge in [0.05, 0.1) is 12.6 Å². The highest BCUT2D eigenvalue weighted by Gasteiger charge is 2.30. The van der Waals surface area contributed by atoms with Crippen molar-refractivity contribution in [2.75, 3.05) is 59.0 Å². The molecule has 2 aliphatic heterocycles. The Kier molecular flexibility index (Phi) is 11.7. The van der Waals surface area contributed by atoms with Gasteiger partial charge in [0.2, 0.25) is 5.91 Å². The third-order valence-corrected chi connectivity index (χ3v) is 6.16. The summed E-state index contributed by atoms with van der Waals surface area (Å²) in [6.45, 7) is 12.4. The fraction of sp³-hybridized carbons (Fsp3) is 0.667. The van der Waals surface area contributed by atoms with Crippen LogP contribution in [0, 0.1) is 6.92 Å². The number of benzene rings is 1. The summed E-state index contributed by atoms with van der Waals surface area (Å²) in [6.07, 6.45) is 1.57. The van der Waals surface area contributed by atoms with Crippen LogP contribution in [-0.4, -0.2) is 103 Å². The maximum atomic E-state index is 12.7. The van der Waals surface area contributed by atoms with Gasteiger partial charge < -0.3 is 25.0 Å². The zero-order valence-electron chi connectivity index (χ0n) is 20.2. The average molecular weight is 574 g/mol. The summed E-state index contributed by atoms with van der Waals surface area (Å²) < 4.78 is 5.70. The van der Waals surface area contributed by atoms with E-state index in [2.05, 4.69) is 20.1 Å². The van der Waals surface area contributed by atoms with Crippen molar-refractivity contribution in [3.8, 4) is 5.75 Å². The van der Waals surface area contributed by atoms with Crippen LogP contribution in [0.3, 0.4) is 0 Å². The lowest BCUT2D eigenvalue weighted by molar-refractivity contribution is -0.135. The van der Waals surface area contributed by atoms with Crippen molar-refractivity contribution in [2.24, 2.45) is 4.99 Å². The zero-order chi connectivity index (χ0) is 22.9. The average Bonchev–Trinajstić information content (AvgIpc) is 3.35. The summed E-state index contributed by atoms with van der Waals surface area (Å²) >= 11 is 0. The molecule has 3 rings (SSSR count). The topological polar surface area (TPSA) is 80.6 Å². The normalized spacial score (nSPS) is 19.1. The quantitative estimate of drug-likeness (QED) is 0.281. The molecule has 8 nitrogen and oxygen atoms in total. The van der Waals surface area contributed by atoms with Gasteiger partial charge in [-0.2, -0.15) is 0 Å². The van der Waals surface area contributed by atoms with E-state index in [-0.39, 0.29) is 49.1 Å². The molecule has 0 radical (unpaired) electrons. The molecule has 0 bridgehead atoms. The minimum absolute atomic E-state index is 0. The van der Waals surface area contributed by atoms with Crippen LogP contribution in [0.15, 0.2) is 29.3 Å². The lowest BCUT2D eigenvalue weighted by Gasteiger charge is -2.39. The minimum atomic E-state index is -0.677. The fourth-order valence-corrected chi connectivity index (χ4v) is 4.25. The van der Waals surface area contributed by atoms with Crippen LogP contribution in [-0.2, 0) is 4.79 Å². The van der Waals surface area contributed by atoms with Gasteiger partial charge in [-0.05, 0) is 51.3 Å². The van der Waals surface area contributed by atoms with Crippen LogP contribution < -0.4 is 10.1 Å². The molecule has 186 valence electrons. The summed E-state index contributed by atoms with van der Waals surface area (Å²) in [4.78, 5) is 23.8. The van der Waals surface area contributed by atoms with Gasteiger partial charge in [0.1, 0.15) is 18.5 Å². The number of likely N-dealkylation sites (tertiary alicyclic amines) is 1. The SMILES string of the molecule is CCNC(=NCC(O)COc1cccc(C)c1)N1CCN(C(C)C(=O)N2CCCC2)CC1.I. The predicted octanol–water partition coefficient (Wildman–Crippen LogP) is 1.95. The Balaban J connectivity index is 0.00000385. The van der Waals surface area contributed by atoms with E-state index in [9.17, 15) is 9.90 Å². The van der Waals surface area contributed by atoms with Gasteiger partial charge in [-0.3, -0.25) is 14.7 Å². The summed E-state index contributed by atoms with van der Waals surface area (Å²) in [5, 5.41) is 13.7. The molecule has 1 aromatic carbocycles. The van der Waals surface area contributed by atoms with E-state index >= 15 is 0 Å². The number of nitrogens with zero attached hydrogens (tertiary/aromatic N) is 4. The van der Waals surface area contributed by atoms with Crippen LogP contribution in [0.4, 0.5) is 0 Å². The number of hydrogen-bond donors (Lipinski definition) is 2. The van der Waals surface area contributed by atoms with Crippen LogP contribution in [0.5, 0.6) is 5.75 Å². The van der Waals surface area contributed by atoms with Crippen LogP contribution in [0.25, 0.3) is 0 Å². The van der Waals surface area contributed by atoms with Crippen molar-refractivity contribution in [1.82, 2.24) is 20.0 Å². The van der Waals surface area contributed by atoms with Crippen molar-refractivity contribution in [2.45, 2.75) is 45.8 Å². The number of piperazine rings is 1. The molecular formula is C24H40IN5O3. The molecular weight excluding hydrogens is 533 g/mol. The molecule has 2 unspecified atom stereocenters. The van der Waals surface area contributed by atoms with E-state index in [1.54, 1.807) is 0 Å². The standard InChI is InChI=1S/C24H39N5O3.HI/c1-4-25-24(26-17-21(30)18-32-22-9-7-8-19(2)16-22)29-14-12-27(13-15-29)20(3)23(31)28-10-5-6-11-28;/h7-9,16,20-21,30H,4-6,10-15,17-18H2,1-3H3,(H,25,26);1H. The van der Waals surface area contributed by atoms with Gasteiger partial charge in [-0.15, -0.1) is 24.0 Å². The van der Waals surface area contributed by atoms with Gasteiger partial charge in [-0.25, -0.2) is 0 Å². The second kappa shape index (κ2) is 14.0. The molecule has 2 aliphatic rings.